The molecule has 0 unspecified atom stereocenters. The number of aliphatic carboxylic acids is 1. The maximum Gasteiger partial charge on any atom is 0.325 e. The van der Waals surface area contributed by atoms with Crippen LogP contribution in [0.4, 0.5) is 5.69 Å². The lowest BCUT2D eigenvalue weighted by Crippen LogP contribution is -2.25. The fourth-order valence-electron chi connectivity index (χ4n) is 1.89. The number of carboxylic acid groups (broad SMARTS) is 1. The number of carboxylic acids is 1. The maximum atomic E-state index is 11.0. The largest absolute Gasteiger partial charge is 0.480 e. The normalized spacial score (nSPS) is 12.0. The minimum atomic E-state index is -0.892. The number of hydrogen-bond donors (Lipinski definition) is 2. The fourth-order valence-corrected chi connectivity index (χ4v) is 3.74. The van der Waals surface area contributed by atoms with Crippen molar-refractivity contribution in [3.8, 4) is 0 Å². The van der Waals surface area contributed by atoms with Crippen molar-refractivity contribution in [2.24, 2.45) is 0 Å². The summed E-state index contributed by atoms with van der Waals surface area (Å²) in [6.45, 7) is 3.74. The summed E-state index contributed by atoms with van der Waals surface area (Å²) < 4.78 is 0. The first kappa shape index (κ1) is 18.0. The minimum absolute atomic E-state index is 0.624. The molecule has 0 amide bonds. The number of anilines is 1. The van der Waals surface area contributed by atoms with Crippen molar-refractivity contribution in [2.75, 3.05) is 11.1 Å². The number of hydrogen-bond acceptors (Lipinski definition) is 4. The zero-order valence-electron chi connectivity index (χ0n) is 12.9. The van der Waals surface area contributed by atoms with E-state index >= 15 is 0 Å². The zero-order valence-corrected chi connectivity index (χ0v) is 15.3. The van der Waals surface area contributed by atoms with E-state index in [-0.39, 0.29) is 0 Å². The van der Waals surface area contributed by atoms with Gasteiger partial charge >= 0.3 is 5.97 Å². The quantitative estimate of drug-likeness (QED) is 0.634. The second-order valence-electron chi connectivity index (χ2n) is 4.85. The molecular weight excluding hydrogens is 350 g/mol. The second-order valence-corrected chi connectivity index (χ2v) is 7.74. The Kier molecular flexibility index (Phi) is 6.69. The number of benzene rings is 2. The van der Waals surface area contributed by atoms with E-state index in [0.29, 0.717) is 5.02 Å². The molecule has 0 fully saturated rings. The van der Waals surface area contributed by atoms with Gasteiger partial charge in [-0.3, -0.25) is 4.79 Å². The lowest BCUT2D eigenvalue weighted by atomic mass is 10.2. The predicted octanol–water partition coefficient (Wildman–Crippen LogP) is 5.49. The number of carbonyl (C=O) groups is 1. The Morgan fingerprint density at radius 1 is 1.22 bits per heavy atom. The van der Waals surface area contributed by atoms with Gasteiger partial charge in [0.25, 0.3) is 0 Å². The predicted molar refractivity (Wildman–Crippen MR) is 99.1 cm³/mol. The number of nitrogens with one attached hydrogen (secondary N) is 1. The molecule has 0 aromatic heterocycles. The van der Waals surface area contributed by atoms with Gasteiger partial charge in [-0.05, 0) is 55.1 Å². The van der Waals surface area contributed by atoms with E-state index in [1.54, 1.807) is 36.5 Å². The van der Waals surface area contributed by atoms with E-state index in [1.165, 1.54) is 4.90 Å². The van der Waals surface area contributed by atoms with E-state index in [2.05, 4.69) is 36.5 Å². The molecule has 2 N–H and O–H groups in total. The summed E-state index contributed by atoms with van der Waals surface area (Å²) in [5.41, 5.74) is 0.765. The average molecular weight is 368 g/mol. The third-order valence-electron chi connectivity index (χ3n) is 3.05. The zero-order chi connectivity index (χ0) is 16.8. The van der Waals surface area contributed by atoms with Crippen LogP contribution < -0.4 is 5.32 Å². The van der Waals surface area contributed by atoms with Crippen molar-refractivity contribution < 1.29 is 9.90 Å². The molecule has 2 rings (SSSR count). The third-order valence-corrected chi connectivity index (χ3v) is 5.24. The monoisotopic (exact) mass is 367 g/mol. The Morgan fingerprint density at radius 3 is 2.48 bits per heavy atom. The summed E-state index contributed by atoms with van der Waals surface area (Å²) in [5.74, 6) is 0.152. The van der Waals surface area contributed by atoms with Crippen LogP contribution in [0.5, 0.6) is 0 Å². The molecule has 122 valence electrons. The number of thioether (sulfide) groups is 1. The Hall–Kier alpha value is -1.30. The molecule has 0 heterocycles. The van der Waals surface area contributed by atoms with Crippen molar-refractivity contribution in [1.29, 1.82) is 0 Å². The second kappa shape index (κ2) is 8.52. The van der Waals surface area contributed by atoms with Crippen LogP contribution in [0.1, 0.15) is 13.8 Å². The van der Waals surface area contributed by atoms with E-state index in [0.717, 1.165) is 21.2 Å². The third kappa shape index (κ3) is 5.37. The number of halogens is 1. The molecule has 0 saturated carbocycles. The summed E-state index contributed by atoms with van der Waals surface area (Å²) in [7, 11) is 0. The van der Waals surface area contributed by atoms with Gasteiger partial charge < -0.3 is 10.4 Å². The highest BCUT2D eigenvalue weighted by Gasteiger charge is 2.13. The van der Waals surface area contributed by atoms with Crippen molar-refractivity contribution in [3.05, 3.63) is 47.5 Å². The van der Waals surface area contributed by atoms with Crippen LogP contribution in [-0.2, 0) is 4.79 Å². The molecule has 1 atom stereocenters. The molecule has 2 aromatic carbocycles. The van der Waals surface area contributed by atoms with E-state index in [9.17, 15) is 4.79 Å². The Bertz CT molecular complexity index is 677. The van der Waals surface area contributed by atoms with Gasteiger partial charge in [-0.25, -0.2) is 0 Å². The highest BCUT2D eigenvalue weighted by Crippen LogP contribution is 2.36. The lowest BCUT2D eigenvalue weighted by Gasteiger charge is -2.15. The molecule has 0 aliphatic rings. The summed E-state index contributed by atoms with van der Waals surface area (Å²) in [6, 6.07) is 13.1. The molecular formula is C17H18ClNO2S2. The summed E-state index contributed by atoms with van der Waals surface area (Å²) >= 11 is 9.45. The smallest absolute Gasteiger partial charge is 0.325 e. The molecule has 0 aliphatic heterocycles. The Balaban J connectivity index is 2.20. The first-order chi connectivity index (χ1) is 11.0. The van der Waals surface area contributed by atoms with Gasteiger partial charge in [-0.2, -0.15) is 0 Å². The van der Waals surface area contributed by atoms with Gasteiger partial charge in [-0.1, -0.05) is 30.3 Å². The lowest BCUT2D eigenvalue weighted by molar-refractivity contribution is -0.137. The van der Waals surface area contributed by atoms with Crippen molar-refractivity contribution in [3.63, 3.8) is 0 Å². The maximum absolute atomic E-state index is 11.0. The van der Waals surface area contributed by atoms with Crippen molar-refractivity contribution in [2.45, 2.75) is 34.6 Å². The highest BCUT2D eigenvalue weighted by atomic mass is 35.5. The molecule has 0 spiro atoms. The molecule has 0 saturated heterocycles. The van der Waals surface area contributed by atoms with Crippen LogP contribution in [0.25, 0.3) is 0 Å². The summed E-state index contributed by atoms with van der Waals surface area (Å²) in [5, 5.41) is 12.7. The summed E-state index contributed by atoms with van der Waals surface area (Å²) in [4.78, 5) is 14.3. The highest BCUT2D eigenvalue weighted by molar-refractivity contribution is 7.99. The van der Waals surface area contributed by atoms with Gasteiger partial charge in [0.05, 0.1) is 0 Å². The standard InChI is InChI=1S/C17H18ClNO2S2/c1-3-22-13-5-7-14(8-6-13)23-16-10-12(18)4-9-15(16)19-11(2)17(20)21/h4-11,19H,3H2,1-2H3,(H,20,21)/t11-/m1/s1. The average Bonchev–Trinajstić information content (AvgIpc) is 2.52. The van der Waals surface area contributed by atoms with E-state index < -0.39 is 12.0 Å². The minimum Gasteiger partial charge on any atom is -0.480 e. The van der Waals surface area contributed by atoms with E-state index in [4.69, 9.17) is 16.7 Å². The van der Waals surface area contributed by atoms with Gasteiger partial charge in [0.2, 0.25) is 0 Å². The molecule has 3 nitrogen and oxygen atoms in total. The van der Waals surface area contributed by atoms with Gasteiger partial charge in [0, 0.05) is 25.4 Å². The van der Waals surface area contributed by atoms with Gasteiger partial charge in [-0.15, -0.1) is 11.8 Å². The van der Waals surface area contributed by atoms with Crippen LogP contribution in [0, 0.1) is 0 Å². The fraction of sp³-hybridized carbons (Fsp3) is 0.235. The topological polar surface area (TPSA) is 49.3 Å². The Morgan fingerprint density at radius 2 is 1.87 bits per heavy atom. The molecule has 6 heteroatoms. The molecule has 0 aliphatic carbocycles. The van der Waals surface area contributed by atoms with Gasteiger partial charge in [0.15, 0.2) is 0 Å². The molecule has 2 aromatic rings. The molecule has 0 bridgehead atoms. The van der Waals surface area contributed by atoms with Gasteiger partial charge in [0.1, 0.15) is 6.04 Å². The first-order valence-corrected chi connectivity index (χ1v) is 9.37. The molecule has 23 heavy (non-hydrogen) atoms. The molecule has 0 radical (unpaired) electrons. The van der Waals surface area contributed by atoms with Crippen LogP contribution >= 0.6 is 35.1 Å². The van der Waals surface area contributed by atoms with Crippen LogP contribution in [0.3, 0.4) is 0 Å². The number of rotatable bonds is 7. The first-order valence-electron chi connectivity index (χ1n) is 7.19. The van der Waals surface area contributed by atoms with Crippen LogP contribution in [-0.4, -0.2) is 22.9 Å². The summed E-state index contributed by atoms with van der Waals surface area (Å²) in [6.07, 6.45) is 0. The van der Waals surface area contributed by atoms with Crippen molar-refractivity contribution in [1.82, 2.24) is 0 Å². The van der Waals surface area contributed by atoms with E-state index in [1.807, 2.05) is 12.1 Å². The van der Waals surface area contributed by atoms with Crippen molar-refractivity contribution >= 4 is 46.8 Å². The SMILES string of the molecule is CCSc1ccc(Sc2cc(Cl)ccc2N[C@H](C)C(=O)O)cc1. The Labute approximate surface area is 149 Å². The van der Waals surface area contributed by atoms with Crippen LogP contribution in [0.15, 0.2) is 57.2 Å². The van der Waals surface area contributed by atoms with Crippen LogP contribution in [0.2, 0.25) is 5.02 Å².